The fourth-order valence-corrected chi connectivity index (χ4v) is 13.6. The van der Waals surface area contributed by atoms with Crippen molar-refractivity contribution in [2.75, 3.05) is 43.5 Å². The Morgan fingerprint density at radius 3 is 1.56 bits per heavy atom. The number of anilines is 2. The first-order valence-corrected chi connectivity index (χ1v) is 40.0. The number of nitrogens with one attached hydrogen (secondary N) is 15. The number of primary amides is 2. The lowest BCUT2D eigenvalue weighted by atomic mass is 9.99. The maximum Gasteiger partial charge on any atom is 0.322 e. The van der Waals surface area contributed by atoms with E-state index >= 15 is 24.0 Å². The molecule has 37 heteroatoms. The molecule has 36 nitrogen and oxygen atoms in total. The molecule has 0 radical (unpaired) electrons. The van der Waals surface area contributed by atoms with E-state index in [1.807, 2.05) is 55.6 Å². The Kier molecular flexibility index (Phi) is 35.5. The minimum absolute atomic E-state index is 0.0405. The quantitative estimate of drug-likeness (QED) is 0.0234. The van der Waals surface area contributed by atoms with Crippen LogP contribution in [-0.2, 0) is 89.6 Å². The van der Waals surface area contributed by atoms with Crippen molar-refractivity contribution in [2.45, 2.75) is 184 Å². The SMILES string of the molecule is CC(C)C[C@H](NC(=O)[C@@H](Cc1ccc(NC(=O)NCCO)cc1)NC(=O)[C@H](Cc1ccc(NC(=O)C2CC(=O)NC(=O)N2)cc1)NC(=O)[C@H](CO)NC(=O)[C@@H](Cc1cccnc1)NC(=O)[C@@H](Cc1ccc(Cl)cc1)NC(=O)[C@@H](Cc1ccc2ccccc2c1)NC(N)=O)C(=O)N[C@@H](CCCCNC(C)C)C(=O)N1CCC[C@H]1C(=O)N[C@H](C)C(N)=O. The van der Waals surface area contributed by atoms with Crippen molar-refractivity contribution in [1.82, 2.24) is 79.0 Å². The van der Waals surface area contributed by atoms with Crippen molar-refractivity contribution in [2.24, 2.45) is 17.4 Å². The molecule has 2 aliphatic heterocycles. The number of unbranched alkanes of at least 4 members (excludes halogenated alkanes) is 1. The van der Waals surface area contributed by atoms with Crippen LogP contribution in [0.3, 0.4) is 0 Å². The van der Waals surface area contributed by atoms with Gasteiger partial charge in [0.05, 0.1) is 19.6 Å². The Bertz CT molecular complexity index is 4590. The van der Waals surface area contributed by atoms with Gasteiger partial charge in [0.2, 0.25) is 70.9 Å². The average molecular weight is 1680 g/mol. The average Bonchev–Trinajstić information content (AvgIpc) is 1.62. The number of aliphatic hydroxyl groups is 2. The summed E-state index contributed by atoms with van der Waals surface area (Å²) in [5.41, 5.74) is 13.6. The van der Waals surface area contributed by atoms with E-state index in [2.05, 4.69) is 79.4 Å². The summed E-state index contributed by atoms with van der Waals surface area (Å²) in [5, 5.41) is 62.0. The summed E-state index contributed by atoms with van der Waals surface area (Å²) in [6.07, 6.45) is 2.78. The molecule has 0 spiro atoms. The lowest BCUT2D eigenvalue weighted by molar-refractivity contribution is -0.142. The number of benzene rings is 5. The second kappa shape index (κ2) is 45.9. The zero-order chi connectivity index (χ0) is 87.1. The number of hydrogen-bond acceptors (Lipinski definition) is 19. The van der Waals surface area contributed by atoms with Crippen molar-refractivity contribution >= 4 is 123 Å². The maximum atomic E-state index is 15.5. The summed E-state index contributed by atoms with van der Waals surface area (Å²) < 4.78 is 0. The first-order chi connectivity index (χ1) is 57.3. The summed E-state index contributed by atoms with van der Waals surface area (Å²) in [6.45, 7) is 8.04. The van der Waals surface area contributed by atoms with Crippen LogP contribution in [0.5, 0.6) is 0 Å². The first kappa shape index (κ1) is 92.8. The number of amides is 18. The molecule has 642 valence electrons. The predicted molar refractivity (Wildman–Crippen MR) is 444 cm³/mol. The molecule has 0 bridgehead atoms. The highest BCUT2D eigenvalue weighted by atomic mass is 35.5. The highest BCUT2D eigenvalue weighted by Crippen LogP contribution is 2.24. The number of nitrogens with two attached hydrogens (primary N) is 2. The fraction of sp³-hybridized carbons (Fsp3) is 0.422. The van der Waals surface area contributed by atoms with Crippen LogP contribution in [0.2, 0.25) is 5.02 Å². The first-order valence-electron chi connectivity index (χ1n) is 39.6. The van der Waals surface area contributed by atoms with Gasteiger partial charge in [0.25, 0.3) is 0 Å². The maximum absolute atomic E-state index is 15.5. The van der Waals surface area contributed by atoms with E-state index in [4.69, 9.17) is 23.1 Å². The van der Waals surface area contributed by atoms with Gasteiger partial charge in [0.1, 0.15) is 66.5 Å². The monoisotopic (exact) mass is 1680 g/mol. The Balaban J connectivity index is 1.11. The van der Waals surface area contributed by atoms with E-state index in [0.29, 0.717) is 53.1 Å². The molecule has 1 aromatic heterocycles. The zero-order valence-corrected chi connectivity index (χ0v) is 68.0. The van der Waals surface area contributed by atoms with E-state index in [0.717, 1.165) is 10.8 Å². The Morgan fingerprint density at radius 2 is 1.03 bits per heavy atom. The zero-order valence-electron chi connectivity index (χ0n) is 67.3. The van der Waals surface area contributed by atoms with Crippen molar-refractivity contribution < 1.29 is 82.1 Å². The predicted octanol–water partition coefficient (Wildman–Crippen LogP) is 0.670. The number of carbonyl (C=O) groups is 15. The van der Waals surface area contributed by atoms with Gasteiger partial charge in [-0.15, -0.1) is 0 Å². The highest BCUT2D eigenvalue weighted by Gasteiger charge is 2.41. The van der Waals surface area contributed by atoms with Crippen LogP contribution >= 0.6 is 11.6 Å². The third-order valence-electron chi connectivity index (χ3n) is 19.8. The topological polar surface area (TPSA) is 545 Å². The number of likely N-dealkylation sites (tertiary alicyclic amines) is 1. The van der Waals surface area contributed by atoms with Gasteiger partial charge >= 0.3 is 18.1 Å². The van der Waals surface area contributed by atoms with E-state index in [1.54, 1.807) is 56.3 Å². The number of fused-ring (bicyclic) bond motifs is 1. The number of pyridine rings is 1. The van der Waals surface area contributed by atoms with Crippen LogP contribution in [0.4, 0.5) is 25.8 Å². The smallest absolute Gasteiger partial charge is 0.322 e. The Labute approximate surface area is 698 Å². The number of nitrogens with zero attached hydrogens (tertiary/aromatic N) is 2. The largest absolute Gasteiger partial charge is 0.395 e. The molecule has 1 unspecified atom stereocenters. The molecule has 0 aliphatic carbocycles. The van der Waals surface area contributed by atoms with Crippen LogP contribution in [0.15, 0.2) is 140 Å². The number of rotatable bonds is 43. The summed E-state index contributed by atoms with van der Waals surface area (Å²) in [7, 11) is 0. The van der Waals surface area contributed by atoms with Crippen molar-refractivity contribution in [3.63, 3.8) is 0 Å². The Hall–Kier alpha value is -12.7. The van der Waals surface area contributed by atoms with E-state index in [9.17, 15) is 58.2 Å². The molecule has 11 atom stereocenters. The van der Waals surface area contributed by atoms with Crippen LogP contribution in [0, 0.1) is 5.92 Å². The van der Waals surface area contributed by atoms with Crippen molar-refractivity contribution in [3.05, 3.63) is 173 Å². The van der Waals surface area contributed by atoms with E-state index in [1.165, 1.54) is 72.7 Å². The molecule has 2 aliphatic rings. The molecule has 6 aromatic rings. The van der Waals surface area contributed by atoms with Gasteiger partial charge in [-0.05, 0) is 139 Å². The van der Waals surface area contributed by atoms with Gasteiger partial charge in [-0.25, -0.2) is 14.4 Å². The standard InChI is InChI=1S/C83H106ClN19O17/c1-46(2)36-60(72(109)93-59(15-8-9-32-88-47(3)4)80(117)103-34-11-16-68(103)79(116)90-48(5)70(85)107)94-73(110)62(39-51-22-29-58(30-23-51)92-82(119)89-33-35-104)95-75(112)63(40-50-20-27-57(28-21-50)91-71(108)66-43-69(106)102-83(120)101-66)98-78(115)67(45-105)99-76(113)64(42-53-12-10-31-87-44-53)97-74(111)61(38-49-18-25-56(84)26-19-49)96-77(114)65(100-81(86)118)41-52-17-24-54-13-6-7-14-55(54)37-52/h6-7,10,12-14,17-31,37,44,46-48,59-68,88,104-105H,8-9,11,15-16,32-36,38-43,45H2,1-5H3,(H2,85,107)(H,90,116)(H,91,108)(H,93,109)(H,94,110)(H,95,112)(H,96,114)(H,97,111)(H,98,115)(H,99,113)(H3,86,100,118)(H2,89,92,119)(H2,101,102,106,120)/t48-,59+,60+,61-,62-,63+,64-,65-,66?,67+,68+/m1/s1. The van der Waals surface area contributed by atoms with Crippen molar-refractivity contribution in [3.8, 4) is 0 Å². The molecule has 18 amide bonds. The van der Waals surface area contributed by atoms with E-state index in [-0.39, 0.29) is 100.0 Å². The number of imide groups is 1. The number of carbonyl (C=O) groups excluding carboxylic acids is 15. The van der Waals surface area contributed by atoms with Gasteiger partial charge in [-0.2, -0.15) is 0 Å². The normalized spacial score (nSPS) is 16.0. The lowest BCUT2D eigenvalue weighted by Crippen LogP contribution is -2.62. The summed E-state index contributed by atoms with van der Waals surface area (Å²) >= 11 is 6.26. The Morgan fingerprint density at radius 1 is 0.533 bits per heavy atom. The molecule has 21 N–H and O–H groups in total. The van der Waals surface area contributed by atoms with E-state index < -0.39 is 168 Å². The number of hydrogen-bond donors (Lipinski definition) is 19. The van der Waals surface area contributed by atoms with Crippen LogP contribution in [0.1, 0.15) is 107 Å². The number of aliphatic hydroxyl groups excluding tert-OH is 2. The molecule has 8 rings (SSSR count). The molecule has 3 heterocycles. The van der Waals surface area contributed by atoms with Gasteiger partial charge in [-0.3, -0.25) is 67.8 Å². The van der Waals surface area contributed by atoms with Crippen molar-refractivity contribution in [1.29, 1.82) is 0 Å². The molecular weight excluding hydrogens is 1570 g/mol. The fourth-order valence-electron chi connectivity index (χ4n) is 13.5. The second-order valence-electron chi connectivity index (χ2n) is 30.2. The lowest BCUT2D eigenvalue weighted by Gasteiger charge is -2.31. The molecule has 2 fully saturated rings. The van der Waals surface area contributed by atoms with Crippen LogP contribution < -0.4 is 91.2 Å². The minimum atomic E-state index is -1.94. The molecule has 0 saturated carbocycles. The second-order valence-corrected chi connectivity index (χ2v) is 30.6. The summed E-state index contributed by atoms with van der Waals surface area (Å²) in [4.78, 5) is 214. The minimum Gasteiger partial charge on any atom is -0.395 e. The number of halogens is 1. The third kappa shape index (κ3) is 29.4. The summed E-state index contributed by atoms with van der Waals surface area (Å²) in [5.74, 6) is -10.7. The molecule has 120 heavy (non-hydrogen) atoms. The van der Waals surface area contributed by atoms with Gasteiger partial charge in [0, 0.05) is 80.0 Å². The third-order valence-corrected chi connectivity index (χ3v) is 20.0. The molecule has 2 saturated heterocycles. The molecular formula is C83H106ClN19O17. The van der Waals surface area contributed by atoms with Gasteiger partial charge < -0.3 is 101 Å². The number of urea groups is 3. The van der Waals surface area contributed by atoms with Gasteiger partial charge in [0.15, 0.2) is 0 Å². The molecule has 5 aromatic carbocycles. The summed E-state index contributed by atoms with van der Waals surface area (Å²) in [6, 6.07) is 15.9. The van der Waals surface area contributed by atoms with Crippen LogP contribution in [-0.4, -0.2) is 214 Å². The highest BCUT2D eigenvalue weighted by molar-refractivity contribution is 6.30. The van der Waals surface area contributed by atoms with Crippen LogP contribution in [0.25, 0.3) is 10.8 Å². The number of aromatic nitrogens is 1. The van der Waals surface area contributed by atoms with Gasteiger partial charge in [-0.1, -0.05) is 124 Å².